The molecule has 0 bridgehead atoms. The number of ether oxygens (including phenoxy) is 13. The predicted octanol–water partition coefficient (Wildman–Crippen LogP) is 18.1. The zero-order valence-corrected chi connectivity index (χ0v) is 85.3. The number of amides is 4. The fraction of sp³-hybridized carbons (Fsp3) is 0.351. The van der Waals surface area contributed by atoms with Gasteiger partial charge in [-0.3, -0.25) is 19.2 Å². The number of likely N-dealkylation sites (tertiary alicyclic amines) is 3. The number of furan rings is 1. The van der Waals surface area contributed by atoms with Gasteiger partial charge in [0.25, 0.3) is 0 Å². The molecule has 4 heterocycles. The average Bonchev–Trinajstić information content (AvgIpc) is 1.63. The van der Waals surface area contributed by atoms with E-state index in [1.54, 1.807) is 115 Å². The molecule has 4 N–H and O–H groups in total. The lowest BCUT2D eigenvalue weighted by molar-refractivity contribution is -0.121. The van der Waals surface area contributed by atoms with E-state index in [4.69, 9.17) is 70.2 Å². The van der Waals surface area contributed by atoms with Crippen molar-refractivity contribution in [3.63, 3.8) is 0 Å². The fourth-order valence-corrected chi connectivity index (χ4v) is 19.6. The fourth-order valence-electron chi connectivity index (χ4n) is 19.2. The molecular weight excluding hydrogens is 1840 g/mol. The molecule has 142 heavy (non-hydrogen) atoms. The van der Waals surface area contributed by atoms with Gasteiger partial charge in [0.15, 0.2) is 46.0 Å². The molecule has 7 aliphatic rings. The van der Waals surface area contributed by atoms with E-state index < -0.39 is 15.9 Å². The molecule has 31 heteroatoms. The average molecular weight is 1970 g/mol. The second kappa shape index (κ2) is 47.3. The first-order valence-corrected chi connectivity index (χ1v) is 48.4. The van der Waals surface area contributed by atoms with Gasteiger partial charge < -0.3 is 106 Å². The van der Waals surface area contributed by atoms with Crippen molar-refractivity contribution in [3.8, 4) is 80.5 Å². The summed E-state index contributed by atoms with van der Waals surface area (Å²) in [7, 11) is 22.8. The number of rotatable bonds is 32. The van der Waals surface area contributed by atoms with Gasteiger partial charge in [-0.2, -0.15) is 8.42 Å². The number of methoxy groups -OCH3 is 13. The van der Waals surface area contributed by atoms with Crippen LogP contribution in [0.1, 0.15) is 152 Å². The van der Waals surface area contributed by atoms with E-state index in [0.29, 0.717) is 87.0 Å². The monoisotopic (exact) mass is 1960 g/mol. The molecule has 752 valence electrons. The summed E-state index contributed by atoms with van der Waals surface area (Å²) in [4.78, 5) is 58.5. The predicted molar refractivity (Wildman–Crippen MR) is 550 cm³/mol. The van der Waals surface area contributed by atoms with Crippen molar-refractivity contribution in [2.45, 2.75) is 104 Å². The van der Waals surface area contributed by atoms with Crippen molar-refractivity contribution in [1.82, 2.24) is 36.0 Å². The van der Waals surface area contributed by atoms with Gasteiger partial charge in [0, 0.05) is 37.8 Å². The lowest BCUT2D eigenvalue weighted by atomic mass is 10.00. The van der Waals surface area contributed by atoms with E-state index in [1.807, 2.05) is 86.7 Å². The van der Waals surface area contributed by atoms with Gasteiger partial charge >= 0.3 is 10.1 Å². The molecule has 9 aromatic rings. The molecule has 0 radical (unpaired) electrons. The number of fused-ring (bicyclic) bond motifs is 4. The molecule has 0 saturated carbocycles. The van der Waals surface area contributed by atoms with Crippen molar-refractivity contribution >= 4 is 103 Å². The molecule has 3 unspecified atom stereocenters. The SMILES string of the molecule is COc1cc(/C=C2/C(C)=C(CC(=O)NC3CCN(C)C3)c3cc(F)ccc32)cc(OC)c1OC.COc1cc(/C=C2/C(C)=C(CC(=O)NCc3ccco3)c3cc(F)ccc32)cc(OC)c1OS(C)(=O)=O.COc1ccc2c(c1)C(CC(=O)NC1CCCN(C)C1)=C(C)/C2=C/c1cc(OC)c(OC)c(OC)c1.COc1ccc2c(c1)C(CC(=O)NC1CCN(C)C1)=C(C)/C2=C/c1cc(OC)c(OC)c(OC)c1. The first-order chi connectivity index (χ1) is 68.2. The Morgan fingerprint density at radius 1 is 0.366 bits per heavy atom. The van der Waals surface area contributed by atoms with Gasteiger partial charge in [-0.1, -0.05) is 24.3 Å². The standard InChI is InChI=1S/C29H36N2O5.C28H34N2O5.C27H31FN2O4.C27H26FNO7S/c1-18-23(12-19-13-26(34-4)29(36-6)27(14-19)35-5)22-10-9-21(33-3)15-25(22)24(18)16-28(32)30-20-8-7-11-31(2)17-20;1-17-22(11-18-12-25(33-4)28(35-6)26(13-18)34-5)21-8-7-20(32-3)14-24(21)23(17)15-27(31)29-19-9-10-30(2)16-19;1-16-21(10-17-11-24(32-3)27(34-5)25(12-17)33-4)20-7-6-18(28)13-23(20)22(16)14-26(31)29-19-8-9-30(2)15-19;1-16-21(10-17-11-24(33-2)27(25(12-17)34-3)36-37(4,31)32)20-8-7-18(28)13-23(20)22(16)14-26(30)29-15-19-6-5-9-35-19/h9-10,12-15,20H,7-8,11,16-17H2,1-6H3,(H,30,32);7-8,11-14,19H,9-10,15-16H2,1-6H3,(H,29,31);6-7,10-13,19H,8-9,14-15H2,1-5H3,(H,29,31);5-13H,14-15H2,1-4H3,(H,29,30)/b23-12-;22-11-;2*21-10-. The van der Waals surface area contributed by atoms with Crippen LogP contribution < -0.4 is 87.0 Å². The second-order valence-electron chi connectivity index (χ2n) is 35.6. The molecule has 3 fully saturated rings. The summed E-state index contributed by atoms with van der Waals surface area (Å²) in [5.74, 6) is 6.59. The number of nitrogens with one attached hydrogen (secondary N) is 4. The third-order valence-electron chi connectivity index (χ3n) is 26.2. The van der Waals surface area contributed by atoms with Crippen LogP contribution in [0.5, 0.6) is 80.5 Å². The second-order valence-corrected chi connectivity index (χ2v) is 37.2. The minimum absolute atomic E-state index is 0.0427. The first kappa shape index (κ1) is 105. The molecule has 28 nitrogen and oxygen atoms in total. The van der Waals surface area contributed by atoms with Gasteiger partial charge in [0.05, 0.1) is 137 Å². The minimum Gasteiger partial charge on any atom is -0.497 e. The van der Waals surface area contributed by atoms with Crippen LogP contribution >= 0.6 is 0 Å². The number of nitrogens with zero attached hydrogens (tertiary/aromatic N) is 3. The number of benzene rings is 8. The largest absolute Gasteiger partial charge is 0.497 e. The Hall–Kier alpha value is -14.3. The van der Waals surface area contributed by atoms with Crippen LogP contribution in [-0.2, 0) is 35.8 Å². The molecule has 4 aliphatic carbocycles. The molecular formula is C111H127F2N7O21S. The third kappa shape index (κ3) is 24.8. The highest BCUT2D eigenvalue weighted by Crippen LogP contribution is 2.52. The molecule has 3 aliphatic heterocycles. The van der Waals surface area contributed by atoms with Crippen LogP contribution in [0.25, 0.3) is 68.9 Å². The highest BCUT2D eigenvalue weighted by atomic mass is 32.2. The van der Waals surface area contributed by atoms with Crippen LogP contribution in [0.15, 0.2) is 166 Å². The highest BCUT2D eigenvalue weighted by molar-refractivity contribution is 7.86. The summed E-state index contributed by atoms with van der Waals surface area (Å²) in [6.07, 6.45) is 15.4. The number of allylic oxidation sites excluding steroid dienone is 8. The van der Waals surface area contributed by atoms with Gasteiger partial charge in [-0.05, 0) is 361 Å². The van der Waals surface area contributed by atoms with E-state index in [-0.39, 0.29) is 84.2 Å². The molecule has 0 spiro atoms. The Kier molecular flexibility index (Phi) is 35.0. The zero-order chi connectivity index (χ0) is 102. The van der Waals surface area contributed by atoms with E-state index in [9.17, 15) is 36.4 Å². The smallest absolute Gasteiger partial charge is 0.306 e. The maximum Gasteiger partial charge on any atom is 0.306 e. The number of halogens is 2. The number of carbonyl (C=O) groups is 4. The topological polar surface area (TPSA) is 303 Å². The van der Waals surface area contributed by atoms with Gasteiger partial charge in [0.2, 0.25) is 46.6 Å². The Morgan fingerprint density at radius 3 is 0.937 bits per heavy atom. The summed E-state index contributed by atoms with van der Waals surface area (Å²) < 4.78 is 133. The van der Waals surface area contributed by atoms with Crippen LogP contribution in [0.4, 0.5) is 8.78 Å². The van der Waals surface area contributed by atoms with Crippen LogP contribution in [0, 0.1) is 11.6 Å². The third-order valence-corrected chi connectivity index (χ3v) is 26.7. The summed E-state index contributed by atoms with van der Waals surface area (Å²) in [6.45, 7) is 13.9. The zero-order valence-electron chi connectivity index (χ0n) is 84.5. The van der Waals surface area contributed by atoms with Crippen LogP contribution in [0.3, 0.4) is 0 Å². The number of carbonyl (C=O) groups excluding carboxylic acids is 4. The van der Waals surface area contributed by atoms with E-state index >= 15 is 0 Å². The summed E-state index contributed by atoms with van der Waals surface area (Å²) in [6, 6.07) is 39.9. The van der Waals surface area contributed by atoms with Gasteiger partial charge in [-0.25, -0.2) is 8.78 Å². The van der Waals surface area contributed by atoms with Gasteiger partial charge in [0.1, 0.15) is 28.9 Å². The molecule has 1 aromatic heterocycles. The first-order valence-electron chi connectivity index (χ1n) is 46.6. The van der Waals surface area contributed by atoms with Crippen molar-refractivity contribution in [2.75, 3.05) is 159 Å². The number of hydrogen-bond donors (Lipinski definition) is 4. The lowest BCUT2D eigenvalue weighted by Gasteiger charge is -2.30. The molecule has 16 rings (SSSR count). The number of piperidine rings is 1. The van der Waals surface area contributed by atoms with Gasteiger partial charge in [-0.15, -0.1) is 0 Å². The summed E-state index contributed by atoms with van der Waals surface area (Å²) >= 11 is 0. The molecule has 8 aromatic carbocycles. The van der Waals surface area contributed by atoms with Crippen LogP contribution in [0.2, 0.25) is 0 Å². The Bertz CT molecular complexity index is 6530. The highest BCUT2D eigenvalue weighted by Gasteiger charge is 2.35. The Labute approximate surface area is 830 Å². The molecule has 3 atom stereocenters. The van der Waals surface area contributed by atoms with E-state index in [0.717, 1.165) is 200 Å². The van der Waals surface area contributed by atoms with Crippen molar-refractivity contribution in [2.24, 2.45) is 0 Å². The van der Waals surface area contributed by atoms with Crippen molar-refractivity contribution in [1.29, 1.82) is 0 Å². The molecule has 4 amide bonds. The normalized spacial score (nSPS) is 17.5. The maximum absolute atomic E-state index is 14.2. The maximum atomic E-state index is 14.2. The van der Waals surface area contributed by atoms with E-state index in [2.05, 4.69) is 95.2 Å². The molecule has 3 saturated heterocycles. The van der Waals surface area contributed by atoms with Crippen molar-refractivity contribution in [3.05, 3.63) is 246 Å². The minimum atomic E-state index is -3.83. The Balaban J connectivity index is 0.000000159. The summed E-state index contributed by atoms with van der Waals surface area (Å²) in [5, 5.41) is 12.4. The van der Waals surface area contributed by atoms with Crippen LogP contribution in [-0.4, -0.2) is 224 Å². The van der Waals surface area contributed by atoms with E-state index in [1.165, 1.54) is 44.7 Å². The lowest BCUT2D eigenvalue weighted by Crippen LogP contribution is -2.46. The number of hydrogen-bond acceptors (Lipinski definition) is 24. The Morgan fingerprint density at radius 2 is 0.662 bits per heavy atom. The number of likely N-dealkylation sites (N-methyl/N-ethyl adjacent to an activating group) is 3. The van der Waals surface area contributed by atoms with Crippen molar-refractivity contribution < 1.29 is 107 Å². The quantitative estimate of drug-likeness (QED) is 0.0285. The summed E-state index contributed by atoms with van der Waals surface area (Å²) in [5.41, 5.74) is 21.9.